The van der Waals surface area contributed by atoms with Gasteiger partial charge in [-0.15, -0.1) is 0 Å². The summed E-state index contributed by atoms with van der Waals surface area (Å²) < 4.78 is 0. The third-order valence-corrected chi connectivity index (χ3v) is 4.57. The van der Waals surface area contributed by atoms with Gasteiger partial charge in [0.25, 0.3) is 0 Å². The Morgan fingerprint density at radius 2 is 1.88 bits per heavy atom. The Morgan fingerprint density at radius 3 is 2.47 bits per heavy atom. The van der Waals surface area contributed by atoms with E-state index in [0.717, 1.165) is 23.9 Å². The largest absolute Gasteiger partial charge is 0.311 e. The molecule has 0 amide bonds. The number of piperazine rings is 1. The highest BCUT2D eigenvalue weighted by Crippen LogP contribution is 2.34. The highest BCUT2D eigenvalue weighted by molar-refractivity contribution is 4.94. The van der Waals surface area contributed by atoms with Crippen molar-refractivity contribution >= 4 is 0 Å². The maximum Gasteiger partial charge on any atom is 0.0224 e. The molecule has 0 radical (unpaired) electrons. The van der Waals surface area contributed by atoms with Gasteiger partial charge in [0.2, 0.25) is 0 Å². The highest BCUT2D eigenvalue weighted by Gasteiger charge is 2.37. The summed E-state index contributed by atoms with van der Waals surface area (Å²) >= 11 is 0. The SMILES string of the molecule is CC(C)CCC(C)N1CC(C2CC2)NCC1C. The van der Waals surface area contributed by atoms with E-state index in [1.165, 1.54) is 38.8 Å². The lowest BCUT2D eigenvalue weighted by molar-refractivity contribution is 0.0856. The monoisotopic (exact) mass is 238 g/mol. The van der Waals surface area contributed by atoms with Gasteiger partial charge in [-0.3, -0.25) is 4.90 Å². The zero-order valence-electron chi connectivity index (χ0n) is 12.1. The van der Waals surface area contributed by atoms with Crippen LogP contribution in [0.15, 0.2) is 0 Å². The number of nitrogens with one attached hydrogen (secondary N) is 1. The van der Waals surface area contributed by atoms with E-state index in [4.69, 9.17) is 0 Å². The second-order valence-electron chi connectivity index (χ2n) is 6.72. The summed E-state index contributed by atoms with van der Waals surface area (Å²) in [7, 11) is 0. The molecule has 100 valence electrons. The fourth-order valence-corrected chi connectivity index (χ4v) is 3.08. The molecule has 1 heterocycles. The van der Waals surface area contributed by atoms with Crippen molar-refractivity contribution in [2.24, 2.45) is 11.8 Å². The van der Waals surface area contributed by atoms with Crippen LogP contribution >= 0.6 is 0 Å². The zero-order chi connectivity index (χ0) is 12.4. The van der Waals surface area contributed by atoms with Gasteiger partial charge in [0, 0.05) is 31.2 Å². The first kappa shape index (κ1) is 13.4. The Morgan fingerprint density at radius 1 is 1.18 bits per heavy atom. The molecule has 3 atom stereocenters. The van der Waals surface area contributed by atoms with Crippen molar-refractivity contribution in [3.63, 3.8) is 0 Å². The molecule has 1 saturated carbocycles. The average molecular weight is 238 g/mol. The van der Waals surface area contributed by atoms with Crippen molar-refractivity contribution < 1.29 is 0 Å². The summed E-state index contributed by atoms with van der Waals surface area (Å²) in [5.41, 5.74) is 0. The molecule has 1 saturated heterocycles. The van der Waals surface area contributed by atoms with Crippen molar-refractivity contribution in [2.75, 3.05) is 13.1 Å². The third-order valence-electron chi connectivity index (χ3n) is 4.57. The lowest BCUT2D eigenvalue weighted by Crippen LogP contribution is -2.58. The summed E-state index contributed by atoms with van der Waals surface area (Å²) in [6.45, 7) is 11.9. The van der Waals surface area contributed by atoms with E-state index in [9.17, 15) is 0 Å². The molecule has 2 heteroatoms. The molecular formula is C15H30N2. The van der Waals surface area contributed by atoms with E-state index >= 15 is 0 Å². The van der Waals surface area contributed by atoms with Gasteiger partial charge in [-0.2, -0.15) is 0 Å². The topological polar surface area (TPSA) is 15.3 Å². The normalized spacial score (nSPS) is 33.0. The van der Waals surface area contributed by atoms with Gasteiger partial charge in [-0.25, -0.2) is 0 Å². The van der Waals surface area contributed by atoms with Crippen molar-refractivity contribution in [2.45, 2.75) is 71.5 Å². The maximum absolute atomic E-state index is 3.74. The van der Waals surface area contributed by atoms with Gasteiger partial charge >= 0.3 is 0 Å². The molecule has 2 nitrogen and oxygen atoms in total. The van der Waals surface area contributed by atoms with Gasteiger partial charge in [0.05, 0.1) is 0 Å². The maximum atomic E-state index is 3.74. The molecule has 17 heavy (non-hydrogen) atoms. The molecule has 0 aromatic carbocycles. The van der Waals surface area contributed by atoms with E-state index in [1.807, 2.05) is 0 Å². The molecule has 0 aromatic heterocycles. The molecule has 2 rings (SSSR count). The van der Waals surface area contributed by atoms with Crippen molar-refractivity contribution in [3.8, 4) is 0 Å². The zero-order valence-corrected chi connectivity index (χ0v) is 12.1. The lowest BCUT2D eigenvalue weighted by atomic mass is 9.99. The van der Waals surface area contributed by atoms with Crippen LogP contribution in [0.5, 0.6) is 0 Å². The average Bonchev–Trinajstić information content (AvgIpc) is 3.10. The molecule has 1 N–H and O–H groups in total. The van der Waals surface area contributed by atoms with Crippen LogP contribution in [0.3, 0.4) is 0 Å². The molecular weight excluding hydrogens is 208 g/mol. The second-order valence-corrected chi connectivity index (χ2v) is 6.72. The van der Waals surface area contributed by atoms with Crippen LogP contribution in [-0.4, -0.2) is 36.1 Å². The summed E-state index contributed by atoms with van der Waals surface area (Å²) in [6, 6.07) is 2.26. The van der Waals surface area contributed by atoms with Crippen molar-refractivity contribution in [3.05, 3.63) is 0 Å². The van der Waals surface area contributed by atoms with E-state index in [2.05, 4.69) is 37.9 Å². The molecule has 2 aliphatic rings. The summed E-state index contributed by atoms with van der Waals surface area (Å²) in [5, 5.41) is 3.74. The number of rotatable bonds is 5. The summed E-state index contributed by atoms with van der Waals surface area (Å²) in [6.07, 6.45) is 5.64. The van der Waals surface area contributed by atoms with E-state index in [1.54, 1.807) is 0 Å². The highest BCUT2D eigenvalue weighted by atomic mass is 15.2. The Balaban J connectivity index is 1.83. The Hall–Kier alpha value is -0.0800. The van der Waals surface area contributed by atoms with Crippen LogP contribution < -0.4 is 5.32 Å². The molecule has 1 aliphatic heterocycles. The van der Waals surface area contributed by atoms with Crippen molar-refractivity contribution in [1.82, 2.24) is 10.2 Å². The Bertz CT molecular complexity index is 235. The quantitative estimate of drug-likeness (QED) is 0.792. The summed E-state index contributed by atoms with van der Waals surface area (Å²) in [5.74, 6) is 1.83. The number of hydrogen-bond acceptors (Lipinski definition) is 2. The van der Waals surface area contributed by atoms with Crippen LogP contribution in [-0.2, 0) is 0 Å². The van der Waals surface area contributed by atoms with Gasteiger partial charge in [-0.1, -0.05) is 13.8 Å². The molecule has 3 unspecified atom stereocenters. The first-order chi connectivity index (χ1) is 8.08. The Kier molecular flexibility index (Phi) is 4.48. The minimum atomic E-state index is 0.715. The smallest absolute Gasteiger partial charge is 0.0224 e. The van der Waals surface area contributed by atoms with Crippen LogP contribution in [0.1, 0.15) is 53.4 Å². The molecule has 0 aromatic rings. The fourth-order valence-electron chi connectivity index (χ4n) is 3.08. The minimum Gasteiger partial charge on any atom is -0.311 e. The molecule has 0 spiro atoms. The number of nitrogens with zero attached hydrogens (tertiary/aromatic N) is 1. The van der Waals surface area contributed by atoms with Crippen molar-refractivity contribution in [1.29, 1.82) is 0 Å². The third kappa shape index (κ3) is 3.69. The first-order valence-corrected chi connectivity index (χ1v) is 7.57. The van der Waals surface area contributed by atoms with Crippen LogP contribution in [0, 0.1) is 11.8 Å². The first-order valence-electron chi connectivity index (χ1n) is 7.57. The number of hydrogen-bond donors (Lipinski definition) is 1. The van der Waals surface area contributed by atoms with Gasteiger partial charge in [0.15, 0.2) is 0 Å². The van der Waals surface area contributed by atoms with Gasteiger partial charge in [0.1, 0.15) is 0 Å². The predicted octanol–water partition coefficient (Wildman–Crippen LogP) is 2.88. The Labute approximate surface area is 107 Å². The predicted molar refractivity (Wildman–Crippen MR) is 74.2 cm³/mol. The summed E-state index contributed by atoms with van der Waals surface area (Å²) in [4.78, 5) is 2.75. The van der Waals surface area contributed by atoms with Crippen LogP contribution in [0.25, 0.3) is 0 Å². The molecule has 1 aliphatic carbocycles. The van der Waals surface area contributed by atoms with Gasteiger partial charge < -0.3 is 5.32 Å². The fraction of sp³-hybridized carbons (Fsp3) is 1.00. The van der Waals surface area contributed by atoms with E-state index in [-0.39, 0.29) is 0 Å². The van der Waals surface area contributed by atoms with E-state index < -0.39 is 0 Å². The minimum absolute atomic E-state index is 0.715. The van der Waals surface area contributed by atoms with E-state index in [0.29, 0.717) is 6.04 Å². The second kappa shape index (κ2) is 5.71. The lowest BCUT2D eigenvalue weighted by Gasteiger charge is -2.42. The van der Waals surface area contributed by atoms with Gasteiger partial charge in [-0.05, 0) is 51.4 Å². The van der Waals surface area contributed by atoms with Crippen LogP contribution in [0.2, 0.25) is 0 Å². The molecule has 0 bridgehead atoms. The van der Waals surface area contributed by atoms with Crippen LogP contribution in [0.4, 0.5) is 0 Å². The molecule has 2 fully saturated rings. The standard InChI is InChI=1S/C15H30N2/c1-11(2)5-6-12(3)17-10-15(14-7-8-14)16-9-13(17)4/h11-16H,5-10H2,1-4H3.